The molecular weight excluding hydrogens is 617 g/mol. The Morgan fingerprint density at radius 2 is 1.46 bits per heavy atom. The van der Waals surface area contributed by atoms with Crippen LogP contribution >= 0.6 is 0 Å². The van der Waals surface area contributed by atoms with Gasteiger partial charge in [0.05, 0.1) is 39.0 Å². The molecule has 11 nitrogen and oxygen atoms in total. The lowest BCUT2D eigenvalue weighted by Crippen LogP contribution is -2.53. The maximum absolute atomic E-state index is 14.4. The molecule has 0 bridgehead atoms. The van der Waals surface area contributed by atoms with Gasteiger partial charge in [0, 0.05) is 24.7 Å². The number of carbonyl (C=O) groups is 2. The molecule has 3 aromatic rings. The number of carbonyl (C=O) groups excluding carboxylic acids is 2. The van der Waals surface area contributed by atoms with E-state index in [0.717, 1.165) is 4.31 Å². The molecule has 0 spiro atoms. The third kappa shape index (κ3) is 8.39. The fraction of sp³-hybridized carbons (Fsp3) is 0.394. The summed E-state index contributed by atoms with van der Waals surface area (Å²) in [5.41, 5.74) is 0.585. The molecule has 46 heavy (non-hydrogen) atoms. The zero-order chi connectivity index (χ0) is 34.0. The van der Waals surface area contributed by atoms with Crippen molar-refractivity contribution >= 4 is 27.5 Å². The first-order valence-corrected chi connectivity index (χ1v) is 16.2. The Labute approximate surface area is 270 Å². The molecule has 0 aromatic heterocycles. The number of methoxy groups -OCH3 is 4. The molecule has 0 aliphatic carbocycles. The topological polar surface area (TPSA) is 124 Å². The first kappa shape index (κ1) is 36.0. The summed E-state index contributed by atoms with van der Waals surface area (Å²) < 4.78 is 65.0. The molecule has 1 N–H and O–H groups in total. The van der Waals surface area contributed by atoms with Gasteiger partial charge >= 0.3 is 0 Å². The zero-order valence-electron chi connectivity index (χ0n) is 27.2. The van der Waals surface area contributed by atoms with Crippen LogP contribution in [0.15, 0.2) is 65.6 Å². The van der Waals surface area contributed by atoms with Gasteiger partial charge in [-0.1, -0.05) is 26.0 Å². The number of hydrogen-bond donors (Lipinski definition) is 1. The van der Waals surface area contributed by atoms with Crippen molar-refractivity contribution in [3.8, 4) is 23.0 Å². The first-order chi connectivity index (χ1) is 21.9. The highest BCUT2D eigenvalue weighted by atomic mass is 32.2. The maximum Gasteiger partial charge on any atom is 0.265 e. The lowest BCUT2D eigenvalue weighted by atomic mass is 10.1. The summed E-state index contributed by atoms with van der Waals surface area (Å²) in [5.74, 6) is -0.571. The highest BCUT2D eigenvalue weighted by molar-refractivity contribution is 7.92. The third-order valence-electron chi connectivity index (χ3n) is 7.53. The summed E-state index contributed by atoms with van der Waals surface area (Å²) >= 11 is 0. The predicted octanol–water partition coefficient (Wildman–Crippen LogP) is 4.78. The van der Waals surface area contributed by atoms with Crippen LogP contribution in [0, 0.1) is 5.82 Å². The van der Waals surface area contributed by atoms with Crippen molar-refractivity contribution in [3.05, 3.63) is 72.0 Å². The van der Waals surface area contributed by atoms with Gasteiger partial charge in [0.15, 0.2) is 11.5 Å². The van der Waals surface area contributed by atoms with E-state index >= 15 is 0 Å². The molecule has 0 unspecified atom stereocenters. The van der Waals surface area contributed by atoms with E-state index in [1.165, 1.54) is 87.9 Å². The number of nitrogens with zero attached hydrogens (tertiary/aromatic N) is 2. The number of sulfonamides is 1. The molecule has 13 heteroatoms. The largest absolute Gasteiger partial charge is 0.497 e. The number of anilines is 1. The van der Waals surface area contributed by atoms with E-state index < -0.39 is 34.3 Å². The Hall–Kier alpha value is -4.52. The van der Waals surface area contributed by atoms with E-state index in [1.54, 1.807) is 13.0 Å². The van der Waals surface area contributed by atoms with Crippen LogP contribution in [0.4, 0.5) is 10.1 Å². The van der Waals surface area contributed by atoms with Crippen LogP contribution in [0.5, 0.6) is 23.0 Å². The van der Waals surface area contributed by atoms with Crippen LogP contribution in [0.25, 0.3) is 0 Å². The predicted molar refractivity (Wildman–Crippen MR) is 173 cm³/mol. The van der Waals surface area contributed by atoms with Crippen LogP contribution in [-0.4, -0.2) is 72.2 Å². The maximum atomic E-state index is 14.4. The molecule has 3 aromatic carbocycles. The Kier molecular flexibility index (Phi) is 12.6. The van der Waals surface area contributed by atoms with Crippen molar-refractivity contribution in [2.24, 2.45) is 0 Å². The second-order valence-corrected chi connectivity index (χ2v) is 12.3. The van der Waals surface area contributed by atoms with E-state index in [1.807, 2.05) is 13.8 Å². The summed E-state index contributed by atoms with van der Waals surface area (Å²) in [6.45, 7) is 4.74. The Morgan fingerprint density at radius 1 is 0.826 bits per heavy atom. The molecule has 250 valence electrons. The van der Waals surface area contributed by atoms with Gasteiger partial charge in [0.25, 0.3) is 10.0 Å². The van der Waals surface area contributed by atoms with E-state index in [2.05, 4.69) is 5.32 Å². The van der Waals surface area contributed by atoms with Gasteiger partial charge in [-0.25, -0.2) is 12.8 Å². The number of ether oxygens (including phenoxy) is 4. The van der Waals surface area contributed by atoms with Gasteiger partial charge in [0.2, 0.25) is 11.8 Å². The summed E-state index contributed by atoms with van der Waals surface area (Å²) in [6.07, 6.45) is 0.904. The summed E-state index contributed by atoms with van der Waals surface area (Å²) in [6, 6.07) is 13.1. The Morgan fingerprint density at radius 3 is 2.02 bits per heavy atom. The molecule has 0 aliphatic heterocycles. The van der Waals surface area contributed by atoms with Gasteiger partial charge in [0.1, 0.15) is 29.9 Å². The van der Waals surface area contributed by atoms with E-state index in [9.17, 15) is 22.4 Å². The standard InChI is InChI=1S/C33H42FN3O8S/c1-8-22(3)35-33(39)27(9-2)36(20-23-10-12-24(34)13-11-23)32(38)21-37(28-18-25(42-4)14-16-29(28)43-5)46(40,41)26-15-17-30(44-6)31(19-26)45-7/h10-19,22,27H,8-9,20-21H2,1-7H3,(H,35,39)/t22-,27-/m1/s1. The monoisotopic (exact) mass is 659 g/mol. The van der Waals surface area contributed by atoms with Gasteiger partial charge in [-0.2, -0.15) is 0 Å². The number of halogens is 1. The van der Waals surface area contributed by atoms with Crippen molar-refractivity contribution in [1.82, 2.24) is 10.2 Å². The highest BCUT2D eigenvalue weighted by Crippen LogP contribution is 2.38. The fourth-order valence-electron chi connectivity index (χ4n) is 4.76. The van der Waals surface area contributed by atoms with E-state index in [4.69, 9.17) is 18.9 Å². The second-order valence-electron chi connectivity index (χ2n) is 10.5. The van der Waals surface area contributed by atoms with Crippen LogP contribution in [0.2, 0.25) is 0 Å². The third-order valence-corrected chi connectivity index (χ3v) is 9.29. The molecule has 2 amide bonds. The molecule has 0 heterocycles. The highest BCUT2D eigenvalue weighted by Gasteiger charge is 2.35. The molecule has 0 radical (unpaired) electrons. The summed E-state index contributed by atoms with van der Waals surface area (Å²) in [4.78, 5) is 29.0. The molecule has 0 aliphatic rings. The van der Waals surface area contributed by atoms with Gasteiger partial charge in [-0.05, 0) is 61.7 Å². The number of rotatable bonds is 16. The lowest BCUT2D eigenvalue weighted by molar-refractivity contribution is -0.140. The molecule has 3 rings (SSSR count). The molecule has 2 atom stereocenters. The first-order valence-electron chi connectivity index (χ1n) is 14.7. The Bertz CT molecular complexity index is 1600. The molecule has 0 saturated carbocycles. The van der Waals surface area contributed by atoms with Gasteiger partial charge in [-0.3, -0.25) is 13.9 Å². The molecule has 0 saturated heterocycles. The summed E-state index contributed by atoms with van der Waals surface area (Å²) in [7, 11) is 1.12. The average molecular weight is 660 g/mol. The normalized spacial score (nSPS) is 12.4. The zero-order valence-corrected chi connectivity index (χ0v) is 28.0. The minimum atomic E-state index is -4.49. The summed E-state index contributed by atoms with van der Waals surface area (Å²) in [5, 5.41) is 2.92. The smallest absolute Gasteiger partial charge is 0.265 e. The van der Waals surface area contributed by atoms with Crippen molar-refractivity contribution in [2.75, 3.05) is 39.3 Å². The average Bonchev–Trinajstić information content (AvgIpc) is 3.06. The Balaban J connectivity index is 2.19. The van der Waals surface area contributed by atoms with Crippen LogP contribution in [0.1, 0.15) is 39.2 Å². The second kappa shape index (κ2) is 16.2. The van der Waals surface area contributed by atoms with Gasteiger partial charge < -0.3 is 29.2 Å². The lowest BCUT2D eigenvalue weighted by Gasteiger charge is -2.34. The van der Waals surface area contributed by atoms with Crippen molar-refractivity contribution in [3.63, 3.8) is 0 Å². The van der Waals surface area contributed by atoms with E-state index in [0.29, 0.717) is 23.5 Å². The number of benzene rings is 3. The molecular formula is C33H42FN3O8S. The van der Waals surface area contributed by atoms with Crippen molar-refractivity contribution in [2.45, 2.75) is 57.1 Å². The molecule has 0 fully saturated rings. The number of hydrogen-bond acceptors (Lipinski definition) is 8. The van der Waals surface area contributed by atoms with Crippen LogP contribution in [-0.2, 0) is 26.2 Å². The quantitative estimate of drug-likeness (QED) is 0.233. The minimum absolute atomic E-state index is 0.0313. The van der Waals surface area contributed by atoms with Crippen molar-refractivity contribution < 1.29 is 41.3 Å². The SMILES string of the molecule is CC[C@@H](C)NC(=O)[C@@H](CC)N(Cc1ccc(F)cc1)C(=O)CN(c1cc(OC)ccc1OC)S(=O)(=O)c1ccc(OC)c(OC)c1. The van der Waals surface area contributed by atoms with Gasteiger partial charge in [-0.15, -0.1) is 0 Å². The fourth-order valence-corrected chi connectivity index (χ4v) is 6.19. The minimum Gasteiger partial charge on any atom is -0.497 e. The van der Waals surface area contributed by atoms with E-state index in [-0.39, 0.29) is 47.0 Å². The van der Waals surface area contributed by atoms with Crippen molar-refractivity contribution in [1.29, 1.82) is 0 Å². The number of nitrogens with one attached hydrogen (secondary N) is 1. The number of amides is 2. The van der Waals surface area contributed by atoms with Crippen LogP contribution in [0.3, 0.4) is 0 Å². The van der Waals surface area contributed by atoms with Crippen LogP contribution < -0.4 is 28.6 Å².